The minimum atomic E-state index is 0.174. The number of aliphatic imine (C=N–C) groups is 1. The number of benzene rings is 1. The molecule has 1 aliphatic rings. The predicted octanol–water partition coefficient (Wildman–Crippen LogP) is 2.66. The topological polar surface area (TPSA) is 87.4 Å². The number of nitrogens with one attached hydrogen (secondary N) is 2. The molecule has 1 aromatic heterocycles. The van der Waals surface area contributed by atoms with Crippen LogP contribution in [-0.4, -0.2) is 45.5 Å². The highest BCUT2D eigenvalue weighted by atomic mass is 16.3. The van der Waals surface area contributed by atoms with Crippen LogP contribution in [0.3, 0.4) is 0 Å². The molecule has 0 spiro atoms. The summed E-state index contributed by atoms with van der Waals surface area (Å²) < 4.78 is 1.96. The van der Waals surface area contributed by atoms with E-state index in [1.807, 2.05) is 34.9 Å². The average Bonchev–Trinajstić information content (AvgIpc) is 3.20. The summed E-state index contributed by atoms with van der Waals surface area (Å²) in [5.74, 6) is 1.58. The normalized spacial score (nSPS) is 16.7. The highest BCUT2D eigenvalue weighted by Gasteiger charge is 2.31. The molecule has 7 nitrogen and oxygen atoms in total. The van der Waals surface area contributed by atoms with Gasteiger partial charge in [0, 0.05) is 25.4 Å². The van der Waals surface area contributed by atoms with Crippen molar-refractivity contribution in [3.8, 4) is 5.69 Å². The number of hydrogen-bond donors (Lipinski definition) is 3. The monoisotopic (exact) mass is 384 g/mol. The summed E-state index contributed by atoms with van der Waals surface area (Å²) in [5.41, 5.74) is 1.20. The van der Waals surface area contributed by atoms with Gasteiger partial charge < -0.3 is 15.7 Å². The third-order valence-electron chi connectivity index (χ3n) is 5.56. The molecule has 152 valence electrons. The Balaban J connectivity index is 1.67. The van der Waals surface area contributed by atoms with E-state index in [-0.39, 0.29) is 12.0 Å². The number of nitrogens with zero attached hydrogens (tertiary/aromatic N) is 4. The van der Waals surface area contributed by atoms with E-state index in [9.17, 15) is 5.11 Å². The summed E-state index contributed by atoms with van der Waals surface area (Å²) in [6.45, 7) is 4.38. The summed E-state index contributed by atoms with van der Waals surface area (Å²) in [5, 5.41) is 24.6. The fourth-order valence-corrected chi connectivity index (χ4v) is 3.99. The van der Waals surface area contributed by atoms with Crippen molar-refractivity contribution < 1.29 is 5.11 Å². The number of aliphatic hydroxyl groups is 1. The third-order valence-corrected chi connectivity index (χ3v) is 5.56. The molecule has 3 rings (SSSR count). The van der Waals surface area contributed by atoms with Crippen LogP contribution in [0, 0.1) is 5.41 Å². The minimum Gasteiger partial charge on any atom is -0.396 e. The Hall–Kier alpha value is -2.41. The van der Waals surface area contributed by atoms with E-state index in [4.69, 9.17) is 4.99 Å². The Morgan fingerprint density at radius 1 is 1.18 bits per heavy atom. The first-order valence-corrected chi connectivity index (χ1v) is 10.3. The minimum absolute atomic E-state index is 0.174. The number of guanidine groups is 1. The Labute approximate surface area is 167 Å². The Morgan fingerprint density at radius 3 is 2.68 bits per heavy atom. The highest BCUT2D eigenvalue weighted by Crippen LogP contribution is 2.38. The van der Waals surface area contributed by atoms with Gasteiger partial charge in [0.1, 0.15) is 12.9 Å². The van der Waals surface area contributed by atoms with E-state index in [1.54, 1.807) is 6.33 Å². The predicted molar refractivity (Wildman–Crippen MR) is 111 cm³/mol. The average molecular weight is 385 g/mol. The van der Waals surface area contributed by atoms with Crippen LogP contribution < -0.4 is 10.6 Å². The van der Waals surface area contributed by atoms with Gasteiger partial charge in [0.2, 0.25) is 0 Å². The van der Waals surface area contributed by atoms with Crippen molar-refractivity contribution in [1.82, 2.24) is 25.4 Å². The zero-order valence-electron chi connectivity index (χ0n) is 16.8. The molecular formula is C21H32N6O. The van der Waals surface area contributed by atoms with Gasteiger partial charge >= 0.3 is 0 Å². The molecule has 0 unspecified atom stereocenters. The molecule has 2 aromatic rings. The van der Waals surface area contributed by atoms with E-state index in [0.29, 0.717) is 6.54 Å². The maximum Gasteiger partial charge on any atom is 0.191 e. The van der Waals surface area contributed by atoms with Crippen molar-refractivity contribution >= 4 is 5.96 Å². The number of aliphatic hydroxyl groups excluding tert-OH is 1. The van der Waals surface area contributed by atoms with E-state index in [0.717, 1.165) is 37.0 Å². The number of aromatic nitrogens is 3. The van der Waals surface area contributed by atoms with Gasteiger partial charge in [0.05, 0.1) is 0 Å². The second-order valence-corrected chi connectivity index (χ2v) is 7.54. The van der Waals surface area contributed by atoms with Gasteiger partial charge in [-0.05, 0) is 43.7 Å². The Morgan fingerprint density at radius 2 is 1.96 bits per heavy atom. The van der Waals surface area contributed by atoms with Crippen LogP contribution in [-0.2, 0) is 6.54 Å². The maximum atomic E-state index is 9.53. The SMILES string of the molecule is CCNC(=NCc1nncn1-c1ccccc1)NCC1(CCO)CCCCC1. The summed E-state index contributed by atoms with van der Waals surface area (Å²) in [6, 6.07) is 10.0. The van der Waals surface area contributed by atoms with Crippen molar-refractivity contribution in [3.05, 3.63) is 42.5 Å². The highest BCUT2D eigenvalue weighted by molar-refractivity contribution is 5.79. The molecule has 7 heteroatoms. The van der Waals surface area contributed by atoms with Crippen LogP contribution in [0.2, 0.25) is 0 Å². The summed E-state index contributed by atoms with van der Waals surface area (Å²) in [7, 11) is 0. The lowest BCUT2D eigenvalue weighted by Crippen LogP contribution is -2.45. The van der Waals surface area contributed by atoms with Crippen LogP contribution in [0.15, 0.2) is 41.7 Å². The van der Waals surface area contributed by atoms with Gasteiger partial charge in [-0.15, -0.1) is 10.2 Å². The van der Waals surface area contributed by atoms with Gasteiger partial charge in [-0.25, -0.2) is 4.99 Å². The van der Waals surface area contributed by atoms with Crippen molar-refractivity contribution in [2.75, 3.05) is 19.7 Å². The fraction of sp³-hybridized carbons (Fsp3) is 0.571. The molecule has 0 amide bonds. The van der Waals surface area contributed by atoms with Crippen LogP contribution in [0.5, 0.6) is 0 Å². The first-order chi connectivity index (χ1) is 13.8. The summed E-state index contributed by atoms with van der Waals surface area (Å²) in [6.07, 6.45) is 8.70. The van der Waals surface area contributed by atoms with Crippen molar-refractivity contribution in [3.63, 3.8) is 0 Å². The molecule has 0 saturated heterocycles. The van der Waals surface area contributed by atoms with Gasteiger partial charge in [-0.1, -0.05) is 37.5 Å². The molecule has 1 aromatic carbocycles. The van der Waals surface area contributed by atoms with Crippen LogP contribution in [0.25, 0.3) is 5.69 Å². The van der Waals surface area contributed by atoms with Gasteiger partial charge in [-0.2, -0.15) is 0 Å². The fourth-order valence-electron chi connectivity index (χ4n) is 3.99. The first-order valence-electron chi connectivity index (χ1n) is 10.3. The molecule has 3 N–H and O–H groups in total. The lowest BCUT2D eigenvalue weighted by molar-refractivity contribution is 0.131. The second-order valence-electron chi connectivity index (χ2n) is 7.54. The standard InChI is InChI=1S/C21H32N6O/c1-2-22-20(24-16-21(13-14-28)11-7-4-8-12-21)23-15-19-26-25-17-27(19)18-9-5-3-6-10-18/h3,5-6,9-10,17,28H,2,4,7-8,11-16H2,1H3,(H2,22,23,24). The molecule has 1 heterocycles. The zero-order chi connectivity index (χ0) is 19.7. The van der Waals surface area contributed by atoms with Crippen molar-refractivity contribution in [1.29, 1.82) is 0 Å². The quantitative estimate of drug-likeness (QED) is 0.481. The lowest BCUT2D eigenvalue weighted by Gasteiger charge is -2.37. The Bertz CT molecular complexity index is 731. The molecule has 1 aliphatic carbocycles. The van der Waals surface area contributed by atoms with E-state index < -0.39 is 0 Å². The maximum absolute atomic E-state index is 9.53. The van der Waals surface area contributed by atoms with Crippen LogP contribution in [0.4, 0.5) is 0 Å². The van der Waals surface area contributed by atoms with Crippen molar-refractivity contribution in [2.24, 2.45) is 10.4 Å². The number of para-hydroxylation sites is 1. The molecule has 1 fully saturated rings. The number of hydrogen-bond acceptors (Lipinski definition) is 4. The lowest BCUT2D eigenvalue weighted by atomic mass is 9.72. The molecule has 0 aliphatic heterocycles. The van der Waals surface area contributed by atoms with E-state index in [2.05, 4.69) is 27.8 Å². The smallest absolute Gasteiger partial charge is 0.191 e. The third kappa shape index (κ3) is 5.32. The van der Waals surface area contributed by atoms with E-state index >= 15 is 0 Å². The molecule has 1 saturated carbocycles. The summed E-state index contributed by atoms with van der Waals surface area (Å²) in [4.78, 5) is 4.73. The molecule has 0 atom stereocenters. The summed E-state index contributed by atoms with van der Waals surface area (Å²) >= 11 is 0. The zero-order valence-corrected chi connectivity index (χ0v) is 16.8. The van der Waals surface area contributed by atoms with Gasteiger partial charge in [0.15, 0.2) is 11.8 Å². The van der Waals surface area contributed by atoms with E-state index in [1.165, 1.54) is 32.1 Å². The first kappa shape index (κ1) is 20.3. The largest absolute Gasteiger partial charge is 0.396 e. The van der Waals surface area contributed by atoms with Crippen LogP contribution >= 0.6 is 0 Å². The molecule has 0 radical (unpaired) electrons. The molecule has 28 heavy (non-hydrogen) atoms. The van der Waals surface area contributed by atoms with Gasteiger partial charge in [0.25, 0.3) is 0 Å². The van der Waals surface area contributed by atoms with Gasteiger partial charge in [-0.3, -0.25) is 4.57 Å². The Kier molecular flexibility index (Phi) is 7.42. The van der Waals surface area contributed by atoms with Crippen LogP contribution in [0.1, 0.15) is 51.3 Å². The second kappa shape index (κ2) is 10.2. The number of rotatable bonds is 8. The molecule has 0 bridgehead atoms. The van der Waals surface area contributed by atoms with Crippen molar-refractivity contribution in [2.45, 2.75) is 52.0 Å². The molecular weight excluding hydrogens is 352 g/mol.